The summed E-state index contributed by atoms with van der Waals surface area (Å²) in [6.45, 7) is 2.01. The van der Waals surface area contributed by atoms with E-state index in [4.69, 9.17) is 5.11 Å². The van der Waals surface area contributed by atoms with Gasteiger partial charge in [-0.25, -0.2) is 0 Å². The molecule has 0 aliphatic carbocycles. The first-order chi connectivity index (χ1) is 5.66. The molecule has 0 saturated heterocycles. The van der Waals surface area contributed by atoms with Gasteiger partial charge in [0, 0.05) is 18.3 Å². The number of aliphatic hydroxyl groups is 1. The van der Waals surface area contributed by atoms with Gasteiger partial charge in [0.25, 0.3) is 0 Å². The highest BCUT2D eigenvalue weighted by atomic mass is 79.9. The molecule has 1 atom stereocenters. The number of carbonyl (C=O) groups excluding carboxylic acids is 1. The largest absolute Gasteiger partial charge is 0.392 e. The molecule has 0 saturated carbocycles. The van der Waals surface area contributed by atoms with Crippen LogP contribution in [0.15, 0.2) is 0 Å². The Morgan fingerprint density at radius 2 is 2.25 bits per heavy atom. The Labute approximate surface area is 81.7 Å². The normalized spacial score (nSPS) is 12.6. The summed E-state index contributed by atoms with van der Waals surface area (Å²) in [5.74, 6) is 0.0249. The second-order valence-corrected chi connectivity index (χ2v) is 3.59. The average molecular weight is 238 g/mol. The molecule has 0 unspecified atom stereocenters. The van der Waals surface area contributed by atoms with E-state index in [1.807, 2.05) is 0 Å². The van der Waals surface area contributed by atoms with Gasteiger partial charge in [-0.15, -0.1) is 0 Å². The van der Waals surface area contributed by atoms with Crippen molar-refractivity contribution in [2.45, 2.75) is 32.3 Å². The number of nitrogens with one attached hydrogen (secondary N) is 1. The lowest BCUT2D eigenvalue weighted by Gasteiger charge is -2.06. The maximum Gasteiger partial charge on any atom is 0.220 e. The first-order valence-corrected chi connectivity index (χ1v) is 5.29. The summed E-state index contributed by atoms with van der Waals surface area (Å²) >= 11 is 3.29. The lowest BCUT2D eigenvalue weighted by atomic mass is 10.2. The molecule has 0 aromatic rings. The fourth-order valence-electron chi connectivity index (χ4n) is 0.730. The van der Waals surface area contributed by atoms with Crippen molar-refractivity contribution in [2.75, 3.05) is 11.9 Å². The Kier molecular flexibility index (Phi) is 7.50. The molecule has 0 aromatic carbocycles. The lowest BCUT2D eigenvalue weighted by Crippen LogP contribution is -2.30. The Balaban J connectivity index is 3.22. The van der Waals surface area contributed by atoms with Gasteiger partial charge in [-0.2, -0.15) is 0 Å². The maximum absolute atomic E-state index is 11.0. The molecule has 1 amide bonds. The van der Waals surface area contributed by atoms with Crippen molar-refractivity contribution in [3.63, 3.8) is 0 Å². The molecule has 0 aliphatic heterocycles. The number of aliphatic hydroxyl groups excluding tert-OH is 1. The van der Waals surface area contributed by atoms with E-state index < -0.39 is 6.10 Å². The zero-order valence-corrected chi connectivity index (χ0v) is 8.93. The predicted octanol–water partition coefficient (Wildman–Crippen LogP) is 1.05. The van der Waals surface area contributed by atoms with E-state index in [9.17, 15) is 4.79 Å². The quantitative estimate of drug-likeness (QED) is 0.536. The first kappa shape index (κ1) is 11.9. The second kappa shape index (κ2) is 7.55. The molecule has 0 aromatic heterocycles. The van der Waals surface area contributed by atoms with Crippen LogP contribution < -0.4 is 5.32 Å². The van der Waals surface area contributed by atoms with Crippen LogP contribution >= 0.6 is 15.9 Å². The van der Waals surface area contributed by atoms with Crippen LogP contribution in [0.25, 0.3) is 0 Å². The number of halogens is 1. The fraction of sp³-hybridized carbons (Fsp3) is 0.875. The van der Waals surface area contributed by atoms with Crippen molar-refractivity contribution in [1.82, 2.24) is 5.32 Å². The van der Waals surface area contributed by atoms with Gasteiger partial charge in [0.15, 0.2) is 0 Å². The first-order valence-electron chi connectivity index (χ1n) is 4.17. The molecule has 72 valence electrons. The van der Waals surface area contributed by atoms with Gasteiger partial charge < -0.3 is 10.4 Å². The number of rotatable bonds is 6. The lowest BCUT2D eigenvalue weighted by molar-refractivity contribution is -0.121. The molecule has 0 bridgehead atoms. The van der Waals surface area contributed by atoms with Crippen molar-refractivity contribution < 1.29 is 9.90 Å². The summed E-state index contributed by atoms with van der Waals surface area (Å²) in [5, 5.41) is 12.4. The van der Waals surface area contributed by atoms with Crippen LogP contribution in [0.4, 0.5) is 0 Å². The van der Waals surface area contributed by atoms with Gasteiger partial charge in [-0.05, 0) is 19.8 Å². The third kappa shape index (κ3) is 8.01. The Hall–Kier alpha value is -0.0900. The van der Waals surface area contributed by atoms with Gasteiger partial charge in [0.1, 0.15) is 0 Å². The van der Waals surface area contributed by atoms with E-state index >= 15 is 0 Å². The van der Waals surface area contributed by atoms with Crippen molar-refractivity contribution in [3.8, 4) is 0 Å². The number of unbranched alkanes of at least 4 members (excludes halogenated alkanes) is 1. The molecule has 4 heteroatoms. The van der Waals surface area contributed by atoms with Gasteiger partial charge in [0.2, 0.25) is 5.91 Å². The summed E-state index contributed by atoms with van der Waals surface area (Å²) in [6.07, 6.45) is 2.02. The topological polar surface area (TPSA) is 49.3 Å². The molecule has 2 N–H and O–H groups in total. The minimum absolute atomic E-state index is 0.0249. The van der Waals surface area contributed by atoms with Gasteiger partial charge in [-0.3, -0.25) is 4.79 Å². The molecular weight excluding hydrogens is 222 g/mol. The summed E-state index contributed by atoms with van der Waals surface area (Å²) in [6, 6.07) is 0. The number of hydrogen-bond donors (Lipinski definition) is 2. The smallest absolute Gasteiger partial charge is 0.220 e. The highest BCUT2D eigenvalue weighted by Crippen LogP contribution is 1.97. The van der Waals surface area contributed by atoms with E-state index in [0.29, 0.717) is 13.0 Å². The highest BCUT2D eigenvalue weighted by Gasteiger charge is 2.01. The molecule has 0 spiro atoms. The molecule has 0 radical (unpaired) electrons. The van der Waals surface area contributed by atoms with Gasteiger partial charge in [0.05, 0.1) is 6.10 Å². The van der Waals surface area contributed by atoms with Crippen LogP contribution in [-0.2, 0) is 4.79 Å². The minimum Gasteiger partial charge on any atom is -0.392 e. The summed E-state index contributed by atoms with van der Waals surface area (Å²) in [5.41, 5.74) is 0. The van der Waals surface area contributed by atoms with Gasteiger partial charge >= 0.3 is 0 Å². The molecule has 12 heavy (non-hydrogen) atoms. The zero-order chi connectivity index (χ0) is 9.40. The molecule has 0 aliphatic rings. The van der Waals surface area contributed by atoms with Crippen molar-refractivity contribution in [2.24, 2.45) is 0 Å². The van der Waals surface area contributed by atoms with Crippen LogP contribution in [0.5, 0.6) is 0 Å². The number of amides is 1. The molecule has 3 nitrogen and oxygen atoms in total. The maximum atomic E-state index is 11.0. The summed E-state index contributed by atoms with van der Waals surface area (Å²) in [4.78, 5) is 11.0. The zero-order valence-electron chi connectivity index (χ0n) is 7.35. The average Bonchev–Trinajstić information content (AvgIpc) is 2.01. The van der Waals surface area contributed by atoms with Gasteiger partial charge in [-0.1, -0.05) is 15.9 Å². The molecule has 0 fully saturated rings. The number of alkyl halides is 1. The fourth-order valence-corrected chi connectivity index (χ4v) is 1.13. The summed E-state index contributed by atoms with van der Waals surface area (Å²) < 4.78 is 0. The van der Waals surface area contributed by atoms with Crippen molar-refractivity contribution >= 4 is 21.8 Å². The van der Waals surface area contributed by atoms with E-state index in [1.54, 1.807) is 6.92 Å². The Morgan fingerprint density at radius 3 is 2.75 bits per heavy atom. The predicted molar refractivity (Wildman–Crippen MR) is 52.3 cm³/mol. The van der Waals surface area contributed by atoms with Crippen molar-refractivity contribution in [3.05, 3.63) is 0 Å². The monoisotopic (exact) mass is 237 g/mol. The standard InChI is InChI=1S/C8H16BrNO2/c1-7(11)6-10-8(12)4-2-3-5-9/h7,11H,2-6H2,1H3,(H,10,12)/t7-/m0/s1. The van der Waals surface area contributed by atoms with Crippen LogP contribution in [-0.4, -0.2) is 29.0 Å². The third-order valence-corrected chi connectivity index (χ3v) is 1.94. The Bertz CT molecular complexity index is 128. The second-order valence-electron chi connectivity index (χ2n) is 2.80. The summed E-state index contributed by atoms with van der Waals surface area (Å²) in [7, 11) is 0. The molecular formula is C8H16BrNO2. The van der Waals surface area contributed by atoms with Crippen LogP contribution in [0, 0.1) is 0 Å². The van der Waals surface area contributed by atoms with E-state index in [2.05, 4.69) is 21.2 Å². The van der Waals surface area contributed by atoms with Crippen LogP contribution in [0.1, 0.15) is 26.2 Å². The molecule has 0 rings (SSSR count). The molecule has 0 heterocycles. The number of carbonyl (C=O) groups is 1. The SMILES string of the molecule is C[C@H](O)CNC(=O)CCCCBr. The minimum atomic E-state index is -0.454. The van der Waals surface area contributed by atoms with Crippen LogP contribution in [0.3, 0.4) is 0 Å². The third-order valence-electron chi connectivity index (χ3n) is 1.38. The van der Waals surface area contributed by atoms with Crippen LogP contribution in [0.2, 0.25) is 0 Å². The highest BCUT2D eigenvalue weighted by molar-refractivity contribution is 9.09. The number of hydrogen-bond acceptors (Lipinski definition) is 2. The van der Waals surface area contributed by atoms with E-state index in [0.717, 1.165) is 18.2 Å². The Morgan fingerprint density at radius 1 is 1.58 bits per heavy atom. The van der Waals surface area contributed by atoms with E-state index in [-0.39, 0.29) is 5.91 Å². The van der Waals surface area contributed by atoms with E-state index in [1.165, 1.54) is 0 Å². The van der Waals surface area contributed by atoms with Crippen molar-refractivity contribution in [1.29, 1.82) is 0 Å².